The summed E-state index contributed by atoms with van der Waals surface area (Å²) in [6, 6.07) is 30.4. The first-order valence-electron chi connectivity index (χ1n) is 11.4. The van der Waals surface area contributed by atoms with E-state index in [1.165, 1.54) is 17.7 Å². The molecule has 1 aromatic heterocycles. The number of benzene rings is 4. The molecule has 2 heterocycles. The first kappa shape index (κ1) is 20.4. The Hall–Kier alpha value is -4.18. The normalized spacial score (nSPS) is 15.2. The fraction of sp³-hybridized carbons (Fsp3) is 0.100. The van der Waals surface area contributed by atoms with Crippen LogP contribution in [0.1, 0.15) is 33.1 Å². The third kappa shape index (κ3) is 2.99. The fourth-order valence-corrected chi connectivity index (χ4v) is 5.23. The molecular weight excluding hydrogens is 423 g/mol. The first-order valence-corrected chi connectivity index (χ1v) is 11.4. The van der Waals surface area contributed by atoms with Crippen LogP contribution in [0.5, 0.6) is 0 Å². The van der Waals surface area contributed by atoms with E-state index in [1.807, 2.05) is 41.3 Å². The zero-order valence-electron chi connectivity index (χ0n) is 19.0. The van der Waals surface area contributed by atoms with Crippen molar-refractivity contribution in [2.75, 3.05) is 4.90 Å². The van der Waals surface area contributed by atoms with Crippen molar-refractivity contribution >= 4 is 22.5 Å². The van der Waals surface area contributed by atoms with Gasteiger partial charge in [0, 0.05) is 34.8 Å². The number of nitrogens with zero attached hydrogens (tertiary/aromatic N) is 2. The lowest BCUT2D eigenvalue weighted by Gasteiger charge is -2.27. The molecular formula is C30H23FN2O. The molecule has 0 spiro atoms. The molecule has 0 bridgehead atoms. The third-order valence-electron chi connectivity index (χ3n) is 6.81. The van der Waals surface area contributed by atoms with Crippen LogP contribution in [0.3, 0.4) is 0 Å². The number of carbonyl (C=O) groups excluding carboxylic acids is 1. The van der Waals surface area contributed by atoms with E-state index in [0.717, 1.165) is 33.3 Å². The highest BCUT2D eigenvalue weighted by molar-refractivity contribution is 6.13. The molecule has 166 valence electrons. The maximum Gasteiger partial charge on any atom is 0.259 e. The Labute approximate surface area is 197 Å². The average molecular weight is 447 g/mol. The van der Waals surface area contributed by atoms with Crippen LogP contribution in [0, 0.1) is 12.7 Å². The number of aryl methyl sites for hydroxylation is 2. The number of carbonyl (C=O) groups is 1. The van der Waals surface area contributed by atoms with Crippen molar-refractivity contribution in [2.45, 2.75) is 13.0 Å². The molecule has 4 heteroatoms. The Kier molecular flexibility index (Phi) is 4.63. The SMILES string of the molecule is Cc1ccc(-c2c(C3c4ccccc4C(=O)N3c3ccc(F)cc3)c3ccccc3n2C)cc1. The van der Waals surface area contributed by atoms with Crippen LogP contribution < -0.4 is 4.90 Å². The van der Waals surface area contributed by atoms with Gasteiger partial charge < -0.3 is 4.57 Å². The van der Waals surface area contributed by atoms with E-state index >= 15 is 0 Å². The zero-order valence-corrected chi connectivity index (χ0v) is 19.0. The molecule has 0 saturated carbocycles. The number of aromatic nitrogens is 1. The van der Waals surface area contributed by atoms with Gasteiger partial charge in [-0.15, -0.1) is 0 Å². The summed E-state index contributed by atoms with van der Waals surface area (Å²) in [6.07, 6.45) is 0. The molecule has 6 rings (SSSR count). The minimum atomic E-state index is -0.337. The molecule has 3 nitrogen and oxygen atoms in total. The number of amides is 1. The quantitative estimate of drug-likeness (QED) is 0.292. The summed E-state index contributed by atoms with van der Waals surface area (Å²) < 4.78 is 16.0. The van der Waals surface area contributed by atoms with Crippen LogP contribution in [0.15, 0.2) is 97.1 Å². The summed E-state index contributed by atoms with van der Waals surface area (Å²) in [4.78, 5) is 15.5. The molecule has 0 fully saturated rings. The Morgan fingerprint density at radius 2 is 1.47 bits per heavy atom. The molecule has 0 radical (unpaired) electrons. The van der Waals surface area contributed by atoms with Crippen molar-refractivity contribution < 1.29 is 9.18 Å². The molecule has 0 saturated heterocycles. The molecule has 1 aliphatic rings. The average Bonchev–Trinajstić information content (AvgIpc) is 3.31. The second-order valence-corrected chi connectivity index (χ2v) is 8.85. The van der Waals surface area contributed by atoms with Gasteiger partial charge in [-0.3, -0.25) is 9.69 Å². The van der Waals surface area contributed by atoms with Gasteiger partial charge in [-0.05, 0) is 54.4 Å². The predicted octanol–water partition coefficient (Wildman–Crippen LogP) is 7.04. The largest absolute Gasteiger partial charge is 0.343 e. The van der Waals surface area contributed by atoms with Crippen molar-refractivity contribution in [3.05, 3.63) is 125 Å². The summed E-state index contributed by atoms with van der Waals surface area (Å²) >= 11 is 0. The van der Waals surface area contributed by atoms with Crippen LogP contribution in [0.25, 0.3) is 22.2 Å². The zero-order chi connectivity index (χ0) is 23.4. The highest BCUT2D eigenvalue weighted by Gasteiger charge is 2.41. The molecule has 1 atom stereocenters. The minimum absolute atomic E-state index is 0.0741. The highest BCUT2D eigenvalue weighted by Crippen LogP contribution is 2.48. The van der Waals surface area contributed by atoms with E-state index in [0.29, 0.717) is 11.3 Å². The topological polar surface area (TPSA) is 25.2 Å². The van der Waals surface area contributed by atoms with Crippen molar-refractivity contribution in [2.24, 2.45) is 7.05 Å². The van der Waals surface area contributed by atoms with Crippen molar-refractivity contribution in [1.82, 2.24) is 4.57 Å². The van der Waals surface area contributed by atoms with Crippen LogP contribution in [-0.4, -0.2) is 10.5 Å². The van der Waals surface area contributed by atoms with Gasteiger partial charge in [0.25, 0.3) is 5.91 Å². The second kappa shape index (κ2) is 7.70. The lowest BCUT2D eigenvalue weighted by molar-refractivity contribution is 0.0993. The van der Waals surface area contributed by atoms with Crippen LogP contribution in [-0.2, 0) is 7.05 Å². The lowest BCUT2D eigenvalue weighted by atomic mass is 9.92. The lowest BCUT2D eigenvalue weighted by Crippen LogP contribution is -2.28. The van der Waals surface area contributed by atoms with Crippen LogP contribution >= 0.6 is 0 Å². The van der Waals surface area contributed by atoms with Gasteiger partial charge in [-0.25, -0.2) is 4.39 Å². The van der Waals surface area contributed by atoms with Crippen molar-refractivity contribution in [1.29, 1.82) is 0 Å². The van der Waals surface area contributed by atoms with Gasteiger partial charge in [0.15, 0.2) is 0 Å². The van der Waals surface area contributed by atoms with E-state index in [2.05, 4.69) is 54.9 Å². The molecule has 4 aromatic carbocycles. The Morgan fingerprint density at radius 1 is 0.794 bits per heavy atom. The van der Waals surface area contributed by atoms with Gasteiger partial charge in [-0.1, -0.05) is 66.2 Å². The summed E-state index contributed by atoms with van der Waals surface area (Å²) in [5.41, 5.74) is 7.85. The second-order valence-electron chi connectivity index (χ2n) is 8.85. The number of hydrogen-bond donors (Lipinski definition) is 0. The molecule has 1 aliphatic heterocycles. The van der Waals surface area contributed by atoms with E-state index < -0.39 is 0 Å². The fourth-order valence-electron chi connectivity index (χ4n) is 5.23. The van der Waals surface area contributed by atoms with Gasteiger partial charge in [0.05, 0.1) is 11.7 Å². The minimum Gasteiger partial charge on any atom is -0.343 e. The van der Waals surface area contributed by atoms with Gasteiger partial charge in [0.2, 0.25) is 0 Å². The van der Waals surface area contributed by atoms with E-state index in [9.17, 15) is 9.18 Å². The van der Waals surface area contributed by atoms with Gasteiger partial charge in [-0.2, -0.15) is 0 Å². The number of hydrogen-bond acceptors (Lipinski definition) is 1. The smallest absolute Gasteiger partial charge is 0.259 e. The number of fused-ring (bicyclic) bond motifs is 2. The number of para-hydroxylation sites is 1. The molecule has 0 aliphatic carbocycles. The summed E-state index contributed by atoms with van der Waals surface area (Å²) in [5.74, 6) is -0.398. The summed E-state index contributed by atoms with van der Waals surface area (Å²) in [6.45, 7) is 2.08. The Morgan fingerprint density at radius 3 is 2.24 bits per heavy atom. The van der Waals surface area contributed by atoms with Gasteiger partial charge in [0.1, 0.15) is 5.82 Å². The third-order valence-corrected chi connectivity index (χ3v) is 6.81. The maximum atomic E-state index is 13.8. The molecule has 1 amide bonds. The number of halogens is 1. The van der Waals surface area contributed by atoms with Crippen molar-refractivity contribution in [3.8, 4) is 11.3 Å². The monoisotopic (exact) mass is 446 g/mol. The van der Waals surface area contributed by atoms with E-state index in [-0.39, 0.29) is 17.8 Å². The summed E-state index contributed by atoms with van der Waals surface area (Å²) in [7, 11) is 2.08. The molecule has 0 N–H and O–H groups in total. The first-order chi connectivity index (χ1) is 16.5. The van der Waals surface area contributed by atoms with Gasteiger partial charge >= 0.3 is 0 Å². The van der Waals surface area contributed by atoms with E-state index in [1.54, 1.807) is 12.1 Å². The van der Waals surface area contributed by atoms with E-state index in [4.69, 9.17) is 0 Å². The van der Waals surface area contributed by atoms with Crippen LogP contribution in [0.2, 0.25) is 0 Å². The maximum absolute atomic E-state index is 13.8. The predicted molar refractivity (Wildman–Crippen MR) is 135 cm³/mol. The standard InChI is InChI=1S/C30H23FN2O/c1-19-11-13-20(14-12-19)28-27(25-9-5-6-10-26(25)32(28)2)29-23-7-3-4-8-24(23)30(34)33(29)22-17-15-21(31)16-18-22/h3-18,29H,1-2H3. The number of rotatable bonds is 3. The van der Waals surface area contributed by atoms with Crippen LogP contribution in [0.4, 0.5) is 10.1 Å². The number of anilines is 1. The van der Waals surface area contributed by atoms with Crippen molar-refractivity contribution in [3.63, 3.8) is 0 Å². The molecule has 1 unspecified atom stereocenters. The highest BCUT2D eigenvalue weighted by atomic mass is 19.1. The molecule has 5 aromatic rings. The Bertz CT molecular complexity index is 1550. The summed E-state index contributed by atoms with van der Waals surface area (Å²) in [5, 5.41) is 1.10. The molecule has 34 heavy (non-hydrogen) atoms. The Balaban J connectivity index is 1.69.